The van der Waals surface area contributed by atoms with Crippen molar-refractivity contribution in [2.24, 2.45) is 17.8 Å². The van der Waals surface area contributed by atoms with Gasteiger partial charge in [-0.25, -0.2) is 4.79 Å². The fourth-order valence-corrected chi connectivity index (χ4v) is 8.28. The number of carbonyl (C=O) groups excluding carboxylic acids is 4. The molecule has 0 aromatic carbocycles. The van der Waals surface area contributed by atoms with E-state index >= 15 is 0 Å². The lowest BCUT2D eigenvalue weighted by molar-refractivity contribution is -0.315. The van der Waals surface area contributed by atoms with E-state index in [9.17, 15) is 19.2 Å². The van der Waals surface area contributed by atoms with Gasteiger partial charge >= 0.3 is 18.1 Å². The number of rotatable bonds is 8. The molecule has 0 N–H and O–H groups in total. The van der Waals surface area contributed by atoms with E-state index in [1.807, 2.05) is 46.7 Å². The van der Waals surface area contributed by atoms with E-state index in [0.717, 1.165) is 0 Å². The molecule has 5 heterocycles. The summed E-state index contributed by atoms with van der Waals surface area (Å²) >= 11 is 0. The number of likely N-dealkylation sites (N-methyl/N-ethyl adjacent to an activating group) is 1. The van der Waals surface area contributed by atoms with Crippen LogP contribution in [0.25, 0.3) is 0 Å². The average Bonchev–Trinajstić information content (AvgIpc) is 3.35. The third-order valence-corrected chi connectivity index (χ3v) is 10.9. The maximum absolute atomic E-state index is 14.1. The highest BCUT2D eigenvalue weighted by molar-refractivity contribution is 5.81. The van der Waals surface area contributed by atoms with Gasteiger partial charge in [-0.2, -0.15) is 0 Å². The van der Waals surface area contributed by atoms with E-state index in [4.69, 9.17) is 42.6 Å². The Balaban J connectivity index is 1.83. The summed E-state index contributed by atoms with van der Waals surface area (Å²) in [7, 11) is 5.31. The number of carbonyl (C=O) groups is 4. The topological polar surface area (TPSA) is 158 Å². The summed E-state index contributed by atoms with van der Waals surface area (Å²) in [6, 6.07) is -0.562. The lowest BCUT2D eigenvalue weighted by Crippen LogP contribution is -2.64. The molecule has 0 aromatic heterocycles. The first-order valence-corrected chi connectivity index (χ1v) is 17.7. The number of ether oxygens (including phenoxy) is 9. The van der Waals surface area contributed by atoms with Crippen molar-refractivity contribution in [3.8, 4) is 0 Å². The molecule has 5 aliphatic heterocycles. The van der Waals surface area contributed by atoms with Gasteiger partial charge in [-0.3, -0.25) is 14.4 Å². The SMILES string of the molecule is CC[C@H]1OC(=O)[C@H](C)[C@@H](OCOC)[C@H](C)[C@@H](O[C@@H]2O[C@H](C)C[C@H](N(C)C)[C@H]2OC(C)=O)[C@@]2(C)C[C@@H](C)N(CO2)C(=O)[C@H](C)[C@H]2OC(=O)O[C@@]21C. The monoisotopic (exact) mass is 714 g/mol. The minimum atomic E-state index is -1.45. The lowest BCUT2D eigenvalue weighted by Gasteiger charge is -2.52. The summed E-state index contributed by atoms with van der Waals surface area (Å²) in [5, 5.41) is 0. The number of nitrogens with zero attached hydrogens (tertiary/aromatic N) is 2. The maximum atomic E-state index is 14.1. The second-order valence-corrected chi connectivity index (χ2v) is 15.0. The number of esters is 2. The van der Waals surface area contributed by atoms with Gasteiger partial charge in [0.1, 0.15) is 19.6 Å². The van der Waals surface area contributed by atoms with Crippen LogP contribution in [0.3, 0.4) is 0 Å². The molecule has 286 valence electrons. The van der Waals surface area contributed by atoms with Gasteiger partial charge in [-0.05, 0) is 74.9 Å². The number of methoxy groups -OCH3 is 1. The van der Waals surface area contributed by atoms with Crippen LogP contribution in [-0.2, 0) is 57.0 Å². The van der Waals surface area contributed by atoms with E-state index in [1.165, 1.54) is 14.0 Å². The molecule has 1 amide bonds. The number of hydrogen-bond acceptors (Lipinski definition) is 14. The van der Waals surface area contributed by atoms with Crippen molar-refractivity contribution < 1.29 is 61.8 Å². The first-order valence-electron chi connectivity index (χ1n) is 17.7. The Morgan fingerprint density at radius 1 is 1.02 bits per heavy atom. The molecule has 2 bridgehead atoms. The quantitative estimate of drug-likeness (QED) is 0.205. The van der Waals surface area contributed by atoms with Gasteiger partial charge in [0.2, 0.25) is 5.91 Å². The first-order chi connectivity index (χ1) is 23.4. The first kappa shape index (κ1) is 40.2. The van der Waals surface area contributed by atoms with Gasteiger partial charge in [0, 0.05) is 26.0 Å². The fourth-order valence-electron chi connectivity index (χ4n) is 8.28. The number of hydrogen-bond donors (Lipinski definition) is 0. The minimum absolute atomic E-state index is 0.0902. The van der Waals surface area contributed by atoms with Gasteiger partial charge < -0.3 is 52.4 Å². The van der Waals surface area contributed by atoms with Crippen molar-refractivity contribution >= 4 is 24.0 Å². The molecule has 5 fully saturated rings. The summed E-state index contributed by atoms with van der Waals surface area (Å²) in [5.41, 5.74) is -2.51. The van der Waals surface area contributed by atoms with E-state index in [-0.39, 0.29) is 44.0 Å². The summed E-state index contributed by atoms with van der Waals surface area (Å²) in [6.07, 6.45) is -5.38. The van der Waals surface area contributed by atoms with Crippen molar-refractivity contribution in [3.05, 3.63) is 0 Å². The molecule has 0 aromatic rings. The highest BCUT2D eigenvalue weighted by Crippen LogP contribution is 2.43. The molecule has 0 spiro atoms. The molecule has 15 nitrogen and oxygen atoms in total. The van der Waals surface area contributed by atoms with Gasteiger partial charge in [0.05, 0.1) is 41.8 Å². The smallest absolute Gasteiger partial charge is 0.458 e. The molecule has 0 saturated carbocycles. The zero-order valence-electron chi connectivity index (χ0n) is 31.7. The Labute approximate surface area is 295 Å². The Bertz CT molecular complexity index is 1230. The summed E-state index contributed by atoms with van der Waals surface area (Å²) in [4.78, 5) is 56.7. The summed E-state index contributed by atoms with van der Waals surface area (Å²) < 4.78 is 54.7. The van der Waals surface area contributed by atoms with Crippen LogP contribution in [0.5, 0.6) is 0 Å². The largest absolute Gasteiger partial charge is 0.509 e. The average molecular weight is 715 g/mol. The second kappa shape index (κ2) is 16.0. The highest BCUT2D eigenvalue weighted by Gasteiger charge is 2.60. The summed E-state index contributed by atoms with van der Waals surface area (Å²) in [6.45, 7) is 15.6. The fraction of sp³-hybridized carbons (Fsp3) is 0.886. The zero-order valence-corrected chi connectivity index (χ0v) is 31.7. The number of fused-ring (bicyclic) bond motifs is 9. The van der Waals surface area contributed by atoms with E-state index in [0.29, 0.717) is 12.8 Å². The predicted octanol–water partition coefficient (Wildman–Crippen LogP) is 3.25. The van der Waals surface area contributed by atoms with Gasteiger partial charge in [0.15, 0.2) is 24.1 Å². The van der Waals surface area contributed by atoms with Crippen LogP contribution in [0.4, 0.5) is 4.79 Å². The van der Waals surface area contributed by atoms with Crippen molar-refractivity contribution in [1.29, 1.82) is 0 Å². The Morgan fingerprint density at radius 3 is 2.28 bits per heavy atom. The molecule has 14 atom stereocenters. The van der Waals surface area contributed by atoms with Crippen LogP contribution in [0.2, 0.25) is 0 Å². The predicted molar refractivity (Wildman–Crippen MR) is 176 cm³/mol. The Morgan fingerprint density at radius 2 is 1.70 bits per heavy atom. The van der Waals surface area contributed by atoms with E-state index in [1.54, 1.807) is 32.6 Å². The van der Waals surface area contributed by atoms with Gasteiger partial charge in [-0.15, -0.1) is 0 Å². The minimum Gasteiger partial charge on any atom is -0.458 e. The molecular formula is C35H58N2O13. The van der Waals surface area contributed by atoms with E-state index < -0.39 is 83.9 Å². The third kappa shape index (κ3) is 8.07. The van der Waals surface area contributed by atoms with Crippen molar-refractivity contribution in [1.82, 2.24) is 9.80 Å². The molecule has 5 aliphatic rings. The van der Waals surface area contributed by atoms with Gasteiger partial charge in [-0.1, -0.05) is 13.8 Å². The van der Waals surface area contributed by atoms with Crippen LogP contribution in [-0.4, -0.2) is 135 Å². The Kier molecular flexibility index (Phi) is 12.9. The van der Waals surface area contributed by atoms with Gasteiger partial charge in [0.25, 0.3) is 0 Å². The number of amides is 1. The molecule has 5 rings (SSSR count). The molecule has 15 heteroatoms. The maximum Gasteiger partial charge on any atom is 0.509 e. The standard InChI is InChI=1S/C35H58N2O13/c1-13-25-35(9)29(49-33(41)50-35)22(6)30(39)37-16-44-34(8,15-18(37)2)28(20(4)26(43-17-42-12)21(5)31(40)47-25)48-32-27(46-23(7)38)24(36(10)11)14-19(3)45-32/h18-22,24-29,32H,13-17H2,1-12H3/t18-,19-,20+,21-,22-,24+,25-,26+,27-,28-,29-,32+,34-,35-/m1/s1. The Hall–Kier alpha value is -2.56. The molecule has 0 unspecified atom stereocenters. The third-order valence-electron chi connectivity index (χ3n) is 10.9. The molecule has 0 aliphatic carbocycles. The molecule has 0 radical (unpaired) electrons. The summed E-state index contributed by atoms with van der Waals surface area (Å²) in [5.74, 6) is -3.71. The van der Waals surface area contributed by atoms with Crippen LogP contribution in [0.1, 0.15) is 81.6 Å². The normalized spacial score (nSPS) is 43.0. The highest BCUT2D eigenvalue weighted by atomic mass is 16.8. The van der Waals surface area contributed by atoms with Crippen LogP contribution in [0, 0.1) is 17.8 Å². The van der Waals surface area contributed by atoms with Crippen LogP contribution >= 0.6 is 0 Å². The van der Waals surface area contributed by atoms with Crippen molar-refractivity contribution in [2.45, 2.75) is 148 Å². The second-order valence-electron chi connectivity index (χ2n) is 15.0. The molecular weight excluding hydrogens is 656 g/mol. The lowest BCUT2D eigenvalue weighted by atomic mass is 9.78. The zero-order chi connectivity index (χ0) is 37.3. The molecule has 50 heavy (non-hydrogen) atoms. The van der Waals surface area contributed by atoms with Crippen molar-refractivity contribution in [3.63, 3.8) is 0 Å². The molecule has 5 saturated heterocycles. The van der Waals surface area contributed by atoms with Crippen LogP contribution < -0.4 is 0 Å². The van der Waals surface area contributed by atoms with E-state index in [2.05, 4.69) is 0 Å². The van der Waals surface area contributed by atoms with Crippen LogP contribution in [0.15, 0.2) is 0 Å². The van der Waals surface area contributed by atoms with Crippen molar-refractivity contribution in [2.75, 3.05) is 34.7 Å².